The van der Waals surface area contributed by atoms with Gasteiger partial charge in [0.2, 0.25) is 0 Å². The van der Waals surface area contributed by atoms with Crippen LogP contribution in [0.3, 0.4) is 0 Å². The van der Waals surface area contributed by atoms with Crippen LogP contribution in [0.15, 0.2) is 48.5 Å². The highest BCUT2D eigenvalue weighted by Crippen LogP contribution is 2.21. The molecule has 130 valence electrons. The van der Waals surface area contributed by atoms with Gasteiger partial charge in [0, 0.05) is 37.3 Å². The van der Waals surface area contributed by atoms with E-state index < -0.39 is 0 Å². The molecule has 0 fully saturated rings. The van der Waals surface area contributed by atoms with E-state index in [1.54, 1.807) is 12.1 Å². The Morgan fingerprint density at radius 1 is 0.792 bits per heavy atom. The number of hydrogen-bond acceptors (Lipinski definition) is 4. The topological polar surface area (TPSA) is 64.5 Å². The Morgan fingerprint density at radius 2 is 1.21 bits per heavy atom. The molecule has 0 radical (unpaired) electrons. The Balaban J connectivity index is 1.80. The standard InChI is InChI=1S/C20H28N2O2/c1-3-20(2,14-21-12-16-8-4-6-10-18(16)23)15-22-13-17-9-5-7-11-19(17)24/h4-11,21-24H,3,12-15H2,1-2H3. The van der Waals surface area contributed by atoms with E-state index in [4.69, 9.17) is 0 Å². The second-order valence-corrected chi connectivity index (χ2v) is 6.63. The lowest BCUT2D eigenvalue weighted by molar-refractivity contribution is 0.275. The van der Waals surface area contributed by atoms with Crippen molar-refractivity contribution in [2.75, 3.05) is 13.1 Å². The van der Waals surface area contributed by atoms with Crippen molar-refractivity contribution >= 4 is 0 Å². The second kappa shape index (κ2) is 8.71. The number of benzene rings is 2. The van der Waals surface area contributed by atoms with Gasteiger partial charge >= 0.3 is 0 Å². The van der Waals surface area contributed by atoms with Gasteiger partial charge in [0.05, 0.1) is 0 Å². The minimum absolute atomic E-state index is 0.106. The first kappa shape index (κ1) is 18.3. The molecule has 0 saturated heterocycles. The number of phenols is 2. The van der Waals surface area contributed by atoms with Gasteiger partial charge in [-0.05, 0) is 24.0 Å². The van der Waals surface area contributed by atoms with Crippen LogP contribution in [-0.2, 0) is 13.1 Å². The van der Waals surface area contributed by atoms with Crippen molar-refractivity contribution < 1.29 is 10.2 Å². The van der Waals surface area contributed by atoms with E-state index in [2.05, 4.69) is 24.5 Å². The molecule has 0 aliphatic carbocycles. The van der Waals surface area contributed by atoms with Gasteiger partial charge in [-0.2, -0.15) is 0 Å². The third kappa shape index (κ3) is 5.25. The second-order valence-electron chi connectivity index (χ2n) is 6.63. The van der Waals surface area contributed by atoms with Gasteiger partial charge in [0.1, 0.15) is 11.5 Å². The number of para-hydroxylation sites is 2. The summed E-state index contributed by atoms with van der Waals surface area (Å²) < 4.78 is 0. The van der Waals surface area contributed by atoms with Gasteiger partial charge in [-0.1, -0.05) is 50.2 Å². The van der Waals surface area contributed by atoms with Crippen molar-refractivity contribution in [3.05, 3.63) is 59.7 Å². The Hall–Kier alpha value is -2.04. The van der Waals surface area contributed by atoms with E-state index in [9.17, 15) is 10.2 Å². The van der Waals surface area contributed by atoms with Crippen LogP contribution in [0.5, 0.6) is 11.5 Å². The molecule has 0 saturated carbocycles. The number of nitrogens with one attached hydrogen (secondary N) is 2. The number of phenolic OH excluding ortho intramolecular Hbond substituents is 2. The smallest absolute Gasteiger partial charge is 0.120 e. The highest BCUT2D eigenvalue weighted by molar-refractivity contribution is 5.32. The molecule has 0 atom stereocenters. The minimum Gasteiger partial charge on any atom is -0.508 e. The predicted octanol–water partition coefficient (Wildman–Crippen LogP) is 3.39. The summed E-state index contributed by atoms with van der Waals surface area (Å²) in [6, 6.07) is 14.8. The van der Waals surface area contributed by atoms with E-state index in [-0.39, 0.29) is 5.41 Å². The zero-order valence-electron chi connectivity index (χ0n) is 14.5. The first-order valence-electron chi connectivity index (χ1n) is 8.49. The maximum atomic E-state index is 9.81. The van der Waals surface area contributed by atoms with Gasteiger partial charge in [-0.15, -0.1) is 0 Å². The van der Waals surface area contributed by atoms with Crippen molar-refractivity contribution in [3.63, 3.8) is 0 Å². The highest BCUT2D eigenvalue weighted by atomic mass is 16.3. The summed E-state index contributed by atoms with van der Waals surface area (Å²) in [7, 11) is 0. The molecule has 0 amide bonds. The third-order valence-electron chi connectivity index (χ3n) is 4.57. The maximum absolute atomic E-state index is 9.81. The van der Waals surface area contributed by atoms with Crippen molar-refractivity contribution in [1.29, 1.82) is 0 Å². The van der Waals surface area contributed by atoms with Crippen LogP contribution in [0.1, 0.15) is 31.4 Å². The predicted molar refractivity (Wildman–Crippen MR) is 98.0 cm³/mol. The molecule has 0 aliphatic heterocycles. The molecular formula is C20H28N2O2. The van der Waals surface area contributed by atoms with Crippen LogP contribution in [0.4, 0.5) is 0 Å². The Morgan fingerprint density at radius 3 is 1.58 bits per heavy atom. The quantitative estimate of drug-likeness (QED) is 0.570. The molecule has 0 aliphatic rings. The van der Waals surface area contributed by atoms with E-state index in [1.807, 2.05) is 36.4 Å². The van der Waals surface area contributed by atoms with Gasteiger partial charge < -0.3 is 20.8 Å². The molecule has 0 bridgehead atoms. The van der Waals surface area contributed by atoms with E-state index in [0.29, 0.717) is 24.6 Å². The maximum Gasteiger partial charge on any atom is 0.120 e. The zero-order chi connectivity index (χ0) is 17.4. The molecule has 0 unspecified atom stereocenters. The van der Waals surface area contributed by atoms with Crippen molar-refractivity contribution in [1.82, 2.24) is 10.6 Å². The normalized spacial score (nSPS) is 11.6. The average Bonchev–Trinajstić information content (AvgIpc) is 2.58. The van der Waals surface area contributed by atoms with Gasteiger partial charge in [0.25, 0.3) is 0 Å². The van der Waals surface area contributed by atoms with Crippen LogP contribution < -0.4 is 10.6 Å². The Labute approximate surface area is 144 Å². The summed E-state index contributed by atoms with van der Waals surface area (Å²) in [5.41, 5.74) is 1.94. The van der Waals surface area contributed by atoms with E-state index in [1.165, 1.54) is 0 Å². The molecule has 4 heteroatoms. The summed E-state index contributed by atoms with van der Waals surface area (Å²) in [6.45, 7) is 7.44. The average molecular weight is 328 g/mol. The zero-order valence-corrected chi connectivity index (χ0v) is 14.5. The largest absolute Gasteiger partial charge is 0.508 e. The minimum atomic E-state index is 0.106. The fraction of sp³-hybridized carbons (Fsp3) is 0.400. The SMILES string of the molecule is CCC(C)(CNCc1ccccc1O)CNCc1ccccc1O. The number of rotatable bonds is 9. The number of aromatic hydroxyl groups is 2. The molecular weight excluding hydrogens is 300 g/mol. The monoisotopic (exact) mass is 328 g/mol. The van der Waals surface area contributed by atoms with E-state index in [0.717, 1.165) is 30.6 Å². The van der Waals surface area contributed by atoms with Gasteiger partial charge in [-0.3, -0.25) is 0 Å². The molecule has 2 aromatic rings. The molecule has 2 aromatic carbocycles. The summed E-state index contributed by atoms with van der Waals surface area (Å²) in [5, 5.41) is 26.5. The fourth-order valence-corrected chi connectivity index (χ4v) is 2.63. The summed E-state index contributed by atoms with van der Waals surface area (Å²) in [4.78, 5) is 0. The lowest BCUT2D eigenvalue weighted by Crippen LogP contribution is -2.39. The first-order chi connectivity index (χ1) is 11.5. The molecule has 2 rings (SSSR count). The molecule has 24 heavy (non-hydrogen) atoms. The summed E-state index contributed by atoms with van der Waals surface area (Å²) in [6.07, 6.45) is 1.04. The molecule has 0 heterocycles. The molecule has 4 nitrogen and oxygen atoms in total. The Kier molecular flexibility index (Phi) is 6.64. The highest BCUT2D eigenvalue weighted by Gasteiger charge is 2.21. The van der Waals surface area contributed by atoms with Crippen LogP contribution in [-0.4, -0.2) is 23.3 Å². The molecule has 0 aromatic heterocycles. The third-order valence-corrected chi connectivity index (χ3v) is 4.57. The van der Waals surface area contributed by atoms with Gasteiger partial charge in [-0.25, -0.2) is 0 Å². The molecule has 4 N–H and O–H groups in total. The molecule has 0 spiro atoms. The Bertz CT molecular complexity index is 592. The lowest BCUT2D eigenvalue weighted by atomic mass is 9.87. The van der Waals surface area contributed by atoms with Crippen LogP contribution >= 0.6 is 0 Å². The number of hydrogen-bond donors (Lipinski definition) is 4. The van der Waals surface area contributed by atoms with Gasteiger partial charge in [0.15, 0.2) is 0 Å². The lowest BCUT2D eigenvalue weighted by Gasteiger charge is -2.29. The van der Waals surface area contributed by atoms with E-state index >= 15 is 0 Å². The van der Waals surface area contributed by atoms with Crippen LogP contribution in [0.25, 0.3) is 0 Å². The van der Waals surface area contributed by atoms with Crippen LogP contribution in [0.2, 0.25) is 0 Å². The summed E-state index contributed by atoms with van der Waals surface area (Å²) in [5.74, 6) is 0.668. The fourth-order valence-electron chi connectivity index (χ4n) is 2.63. The first-order valence-corrected chi connectivity index (χ1v) is 8.49. The van der Waals surface area contributed by atoms with Crippen molar-refractivity contribution in [2.45, 2.75) is 33.4 Å². The van der Waals surface area contributed by atoms with Crippen molar-refractivity contribution in [3.8, 4) is 11.5 Å². The van der Waals surface area contributed by atoms with Crippen LogP contribution in [0, 0.1) is 5.41 Å². The summed E-state index contributed by atoms with van der Waals surface area (Å²) >= 11 is 0. The van der Waals surface area contributed by atoms with Crippen molar-refractivity contribution in [2.24, 2.45) is 5.41 Å².